The molecule has 0 saturated heterocycles. The molecule has 1 aliphatic carbocycles. The fraction of sp³-hybridized carbons (Fsp3) is 1.00. The van der Waals surface area contributed by atoms with Gasteiger partial charge >= 0.3 is 0 Å². The topological polar surface area (TPSA) is 29.1 Å². The zero-order chi connectivity index (χ0) is 11.5. The smallest absolute Gasteiger partial charge is 0.0441 e. The van der Waals surface area contributed by atoms with Gasteiger partial charge in [-0.05, 0) is 38.0 Å². The van der Waals surface area contributed by atoms with Gasteiger partial charge in [0.2, 0.25) is 0 Å². The third-order valence-electron chi connectivity index (χ3n) is 3.60. The second-order valence-electron chi connectivity index (χ2n) is 5.66. The Morgan fingerprint density at radius 1 is 1.40 bits per heavy atom. The lowest BCUT2D eigenvalue weighted by atomic mass is 9.75. The Morgan fingerprint density at radius 2 is 1.93 bits per heavy atom. The molecule has 0 aromatic carbocycles. The summed E-state index contributed by atoms with van der Waals surface area (Å²) in [5, 5.41) is 3.83. The minimum absolute atomic E-state index is 0.278. The van der Waals surface area contributed by atoms with Crippen molar-refractivity contribution in [2.75, 3.05) is 12.8 Å². The van der Waals surface area contributed by atoms with Crippen LogP contribution < -0.4 is 5.32 Å². The minimum Gasteiger partial charge on any atom is -0.313 e. The highest BCUT2D eigenvalue weighted by atomic mass is 32.2. The molecule has 1 aliphatic rings. The molecule has 1 rings (SSSR count). The SMILES string of the molecule is CC(CNC1CCC(C)(C)CC1)S(C)=O. The standard InChI is InChI=1S/C12H25NOS/c1-10(15(4)14)9-13-11-5-7-12(2,3)8-6-11/h10-11,13H,5-9H2,1-4H3. The van der Waals surface area contributed by atoms with Crippen molar-refractivity contribution in [1.82, 2.24) is 5.32 Å². The molecular weight excluding hydrogens is 206 g/mol. The van der Waals surface area contributed by atoms with Gasteiger partial charge in [-0.1, -0.05) is 13.8 Å². The van der Waals surface area contributed by atoms with Crippen LogP contribution in [0.1, 0.15) is 46.5 Å². The molecule has 1 N–H and O–H groups in total. The molecule has 1 saturated carbocycles. The number of rotatable bonds is 4. The summed E-state index contributed by atoms with van der Waals surface area (Å²) in [6, 6.07) is 0.657. The van der Waals surface area contributed by atoms with Crippen LogP contribution in [-0.2, 0) is 10.8 Å². The summed E-state index contributed by atoms with van der Waals surface area (Å²) in [6.07, 6.45) is 6.96. The normalized spacial score (nSPS) is 26.1. The van der Waals surface area contributed by atoms with Gasteiger partial charge in [0.25, 0.3) is 0 Å². The van der Waals surface area contributed by atoms with Gasteiger partial charge < -0.3 is 5.32 Å². The maximum absolute atomic E-state index is 11.2. The van der Waals surface area contributed by atoms with Crippen molar-refractivity contribution in [1.29, 1.82) is 0 Å². The van der Waals surface area contributed by atoms with E-state index in [4.69, 9.17) is 0 Å². The van der Waals surface area contributed by atoms with E-state index in [1.165, 1.54) is 25.7 Å². The van der Waals surface area contributed by atoms with E-state index in [0.717, 1.165) is 6.54 Å². The van der Waals surface area contributed by atoms with Gasteiger partial charge in [0, 0.05) is 34.9 Å². The van der Waals surface area contributed by atoms with Crippen molar-refractivity contribution < 1.29 is 4.21 Å². The van der Waals surface area contributed by atoms with Gasteiger partial charge in [-0.15, -0.1) is 0 Å². The molecule has 0 amide bonds. The Bertz CT molecular complexity index is 218. The third-order valence-corrected chi connectivity index (χ3v) is 4.90. The molecule has 0 aromatic heterocycles. The van der Waals surface area contributed by atoms with E-state index in [1.54, 1.807) is 6.26 Å². The molecule has 2 nitrogen and oxygen atoms in total. The zero-order valence-corrected chi connectivity index (χ0v) is 11.3. The van der Waals surface area contributed by atoms with Crippen LogP contribution in [0.4, 0.5) is 0 Å². The molecule has 0 radical (unpaired) electrons. The molecule has 0 spiro atoms. The Labute approximate surface area is 96.7 Å². The van der Waals surface area contributed by atoms with E-state index >= 15 is 0 Å². The Morgan fingerprint density at radius 3 is 2.40 bits per heavy atom. The van der Waals surface area contributed by atoms with Crippen LogP contribution in [0, 0.1) is 5.41 Å². The highest BCUT2D eigenvalue weighted by Crippen LogP contribution is 2.34. The second-order valence-corrected chi connectivity index (χ2v) is 7.46. The van der Waals surface area contributed by atoms with E-state index in [2.05, 4.69) is 26.1 Å². The van der Waals surface area contributed by atoms with Crippen molar-refractivity contribution in [2.24, 2.45) is 5.41 Å². The van der Waals surface area contributed by atoms with E-state index in [1.807, 2.05) is 0 Å². The Balaban J connectivity index is 2.22. The van der Waals surface area contributed by atoms with Gasteiger partial charge in [0.15, 0.2) is 0 Å². The average Bonchev–Trinajstić information content (AvgIpc) is 2.15. The maximum Gasteiger partial charge on any atom is 0.0441 e. The van der Waals surface area contributed by atoms with Crippen LogP contribution in [0.2, 0.25) is 0 Å². The molecule has 0 heterocycles. The molecule has 2 atom stereocenters. The summed E-state index contributed by atoms with van der Waals surface area (Å²) in [4.78, 5) is 0. The first-order valence-corrected chi connectivity index (χ1v) is 7.58. The quantitative estimate of drug-likeness (QED) is 0.804. The molecule has 15 heavy (non-hydrogen) atoms. The molecule has 2 unspecified atom stereocenters. The van der Waals surface area contributed by atoms with Crippen LogP contribution in [0.15, 0.2) is 0 Å². The lowest BCUT2D eigenvalue weighted by Gasteiger charge is -2.35. The van der Waals surface area contributed by atoms with Crippen molar-refractivity contribution in [3.63, 3.8) is 0 Å². The predicted octanol–water partition coefficient (Wildman–Crippen LogP) is 2.31. The molecule has 0 aromatic rings. The van der Waals surface area contributed by atoms with Crippen LogP contribution >= 0.6 is 0 Å². The largest absolute Gasteiger partial charge is 0.313 e. The molecule has 1 fully saturated rings. The fourth-order valence-corrected chi connectivity index (χ4v) is 2.38. The number of nitrogens with one attached hydrogen (secondary N) is 1. The van der Waals surface area contributed by atoms with Crippen LogP contribution in [0.25, 0.3) is 0 Å². The highest BCUT2D eigenvalue weighted by Gasteiger charge is 2.26. The number of hydrogen-bond donors (Lipinski definition) is 1. The summed E-state index contributed by atoms with van der Waals surface area (Å²) in [5.74, 6) is 0. The molecule has 3 heteroatoms. The first-order chi connectivity index (χ1) is 6.91. The van der Waals surface area contributed by atoms with E-state index in [0.29, 0.717) is 11.5 Å². The van der Waals surface area contributed by atoms with E-state index < -0.39 is 10.8 Å². The van der Waals surface area contributed by atoms with Gasteiger partial charge in [0.1, 0.15) is 0 Å². The summed E-state index contributed by atoms with van der Waals surface area (Å²) < 4.78 is 11.2. The van der Waals surface area contributed by atoms with E-state index in [-0.39, 0.29) is 5.25 Å². The lowest BCUT2D eigenvalue weighted by Crippen LogP contribution is -2.39. The summed E-state index contributed by atoms with van der Waals surface area (Å²) >= 11 is 0. The van der Waals surface area contributed by atoms with Crippen molar-refractivity contribution in [3.8, 4) is 0 Å². The van der Waals surface area contributed by atoms with Gasteiger partial charge in [-0.2, -0.15) is 0 Å². The summed E-state index contributed by atoms with van der Waals surface area (Å²) in [5.41, 5.74) is 0.539. The summed E-state index contributed by atoms with van der Waals surface area (Å²) in [7, 11) is -0.692. The predicted molar refractivity (Wildman–Crippen MR) is 67.6 cm³/mol. The van der Waals surface area contributed by atoms with Gasteiger partial charge in [0.05, 0.1) is 0 Å². The molecule has 90 valence electrons. The maximum atomic E-state index is 11.2. The Hall–Kier alpha value is 0.110. The van der Waals surface area contributed by atoms with Crippen LogP contribution in [0.3, 0.4) is 0 Å². The van der Waals surface area contributed by atoms with Crippen molar-refractivity contribution in [2.45, 2.75) is 57.7 Å². The van der Waals surface area contributed by atoms with Crippen LogP contribution in [0.5, 0.6) is 0 Å². The zero-order valence-electron chi connectivity index (χ0n) is 10.5. The molecule has 0 bridgehead atoms. The lowest BCUT2D eigenvalue weighted by molar-refractivity contribution is 0.207. The highest BCUT2D eigenvalue weighted by molar-refractivity contribution is 7.84. The number of hydrogen-bond acceptors (Lipinski definition) is 2. The summed E-state index contributed by atoms with van der Waals surface area (Å²) in [6.45, 7) is 7.66. The first-order valence-electron chi connectivity index (χ1n) is 5.96. The van der Waals surface area contributed by atoms with E-state index in [9.17, 15) is 4.21 Å². The molecule has 0 aliphatic heterocycles. The Kier molecular flexibility index (Phi) is 4.78. The monoisotopic (exact) mass is 231 g/mol. The first kappa shape index (κ1) is 13.2. The fourth-order valence-electron chi connectivity index (χ4n) is 2.05. The van der Waals surface area contributed by atoms with Crippen LogP contribution in [-0.4, -0.2) is 28.3 Å². The average molecular weight is 231 g/mol. The third kappa shape index (κ3) is 4.64. The van der Waals surface area contributed by atoms with Crippen molar-refractivity contribution in [3.05, 3.63) is 0 Å². The molecular formula is C12H25NOS. The minimum atomic E-state index is -0.692. The van der Waals surface area contributed by atoms with Gasteiger partial charge in [-0.25, -0.2) is 0 Å². The van der Waals surface area contributed by atoms with Crippen molar-refractivity contribution >= 4 is 10.8 Å². The second kappa shape index (κ2) is 5.44. The van der Waals surface area contributed by atoms with Gasteiger partial charge in [-0.3, -0.25) is 4.21 Å².